The van der Waals surface area contributed by atoms with Crippen molar-refractivity contribution in [2.24, 2.45) is 0 Å². The van der Waals surface area contributed by atoms with Crippen LogP contribution in [-0.4, -0.2) is 46.1 Å². The molecule has 2 amide bonds. The smallest absolute Gasteiger partial charge is 0.246 e. The van der Waals surface area contributed by atoms with Crippen LogP contribution in [0.15, 0.2) is 48.8 Å². The molecule has 0 aliphatic heterocycles. The van der Waals surface area contributed by atoms with Crippen LogP contribution in [-0.2, 0) is 16.1 Å². The van der Waals surface area contributed by atoms with E-state index >= 15 is 0 Å². The SMILES string of the molecule is CC(C)NC(=O)CN(C)C(=O)/C=C/c1cnn(Cc2ccccc2)c1. The van der Waals surface area contributed by atoms with E-state index in [4.69, 9.17) is 0 Å². The van der Waals surface area contributed by atoms with Crippen LogP contribution in [0.4, 0.5) is 0 Å². The largest absolute Gasteiger partial charge is 0.352 e. The van der Waals surface area contributed by atoms with Crippen molar-refractivity contribution in [1.82, 2.24) is 20.0 Å². The molecule has 6 heteroatoms. The standard InChI is InChI=1S/C19H24N4O2/c1-15(2)21-18(24)14-22(3)19(25)10-9-17-11-20-23(13-17)12-16-7-5-4-6-8-16/h4-11,13,15H,12,14H2,1-3H3,(H,21,24)/b10-9+. The lowest BCUT2D eigenvalue weighted by Crippen LogP contribution is -2.40. The number of aromatic nitrogens is 2. The van der Waals surface area contributed by atoms with Gasteiger partial charge in [-0.15, -0.1) is 0 Å². The minimum atomic E-state index is -0.227. The Kier molecular flexibility index (Phi) is 6.51. The third kappa shape index (κ3) is 6.25. The van der Waals surface area contributed by atoms with Crippen molar-refractivity contribution >= 4 is 17.9 Å². The molecule has 0 unspecified atom stereocenters. The van der Waals surface area contributed by atoms with Gasteiger partial charge in [-0.1, -0.05) is 30.3 Å². The van der Waals surface area contributed by atoms with Crippen LogP contribution in [0.1, 0.15) is 25.0 Å². The molecule has 0 saturated heterocycles. The highest BCUT2D eigenvalue weighted by Crippen LogP contribution is 2.05. The van der Waals surface area contributed by atoms with Crippen molar-refractivity contribution in [2.45, 2.75) is 26.4 Å². The highest BCUT2D eigenvalue weighted by molar-refractivity contribution is 5.94. The van der Waals surface area contributed by atoms with Crippen molar-refractivity contribution in [3.8, 4) is 0 Å². The Labute approximate surface area is 148 Å². The molecule has 1 aromatic heterocycles. The number of hydrogen-bond acceptors (Lipinski definition) is 3. The van der Waals surface area contributed by atoms with E-state index in [9.17, 15) is 9.59 Å². The first-order valence-corrected chi connectivity index (χ1v) is 8.23. The zero-order valence-corrected chi connectivity index (χ0v) is 14.8. The number of carbonyl (C=O) groups excluding carboxylic acids is 2. The highest BCUT2D eigenvalue weighted by Gasteiger charge is 2.11. The first-order valence-electron chi connectivity index (χ1n) is 8.23. The van der Waals surface area contributed by atoms with E-state index in [2.05, 4.69) is 10.4 Å². The molecule has 0 radical (unpaired) electrons. The number of nitrogens with one attached hydrogen (secondary N) is 1. The maximum absolute atomic E-state index is 12.1. The van der Waals surface area contributed by atoms with Crippen molar-refractivity contribution in [2.75, 3.05) is 13.6 Å². The molecule has 0 fully saturated rings. The molecule has 0 aliphatic rings. The van der Waals surface area contributed by atoms with Gasteiger partial charge in [-0.05, 0) is 25.5 Å². The normalized spacial score (nSPS) is 11.0. The number of nitrogens with zero attached hydrogens (tertiary/aromatic N) is 3. The summed E-state index contributed by atoms with van der Waals surface area (Å²) in [6, 6.07) is 10.1. The molecule has 0 spiro atoms. The van der Waals surface area contributed by atoms with Gasteiger partial charge in [0.05, 0.1) is 19.3 Å². The van der Waals surface area contributed by atoms with Gasteiger partial charge < -0.3 is 10.2 Å². The van der Waals surface area contributed by atoms with Gasteiger partial charge in [-0.25, -0.2) is 0 Å². The van der Waals surface area contributed by atoms with E-state index in [-0.39, 0.29) is 24.4 Å². The number of likely N-dealkylation sites (N-methyl/N-ethyl adjacent to an activating group) is 1. The summed E-state index contributed by atoms with van der Waals surface area (Å²) in [5, 5.41) is 7.05. The molecule has 1 aromatic carbocycles. The molecule has 25 heavy (non-hydrogen) atoms. The average Bonchev–Trinajstić information content (AvgIpc) is 3.00. The maximum atomic E-state index is 12.1. The fraction of sp³-hybridized carbons (Fsp3) is 0.316. The molecule has 2 rings (SSSR count). The summed E-state index contributed by atoms with van der Waals surface area (Å²) >= 11 is 0. The molecule has 132 valence electrons. The van der Waals surface area contributed by atoms with Crippen LogP contribution in [0.25, 0.3) is 6.08 Å². The van der Waals surface area contributed by atoms with Crippen molar-refractivity contribution < 1.29 is 9.59 Å². The number of hydrogen-bond donors (Lipinski definition) is 1. The third-order valence-corrected chi connectivity index (χ3v) is 3.47. The summed E-state index contributed by atoms with van der Waals surface area (Å²) in [5.41, 5.74) is 2.00. The summed E-state index contributed by atoms with van der Waals surface area (Å²) < 4.78 is 1.82. The lowest BCUT2D eigenvalue weighted by Gasteiger charge is -2.16. The first-order chi connectivity index (χ1) is 11.9. The second-order valence-electron chi connectivity index (χ2n) is 6.21. The minimum Gasteiger partial charge on any atom is -0.352 e. The van der Waals surface area contributed by atoms with E-state index in [0.29, 0.717) is 6.54 Å². The molecular weight excluding hydrogens is 316 g/mol. The van der Waals surface area contributed by atoms with Crippen LogP contribution >= 0.6 is 0 Å². The Hall–Kier alpha value is -2.89. The topological polar surface area (TPSA) is 67.2 Å². The Morgan fingerprint density at radius 1 is 1.28 bits per heavy atom. The second kappa shape index (κ2) is 8.82. The van der Waals surface area contributed by atoms with Crippen molar-refractivity contribution in [3.05, 3.63) is 59.9 Å². The van der Waals surface area contributed by atoms with E-state index in [1.807, 2.05) is 55.1 Å². The number of rotatable bonds is 7. The second-order valence-corrected chi connectivity index (χ2v) is 6.21. The van der Waals surface area contributed by atoms with Crippen molar-refractivity contribution in [1.29, 1.82) is 0 Å². The fourth-order valence-electron chi connectivity index (χ4n) is 2.28. The Morgan fingerprint density at radius 3 is 2.68 bits per heavy atom. The van der Waals surface area contributed by atoms with Gasteiger partial charge in [0.15, 0.2) is 0 Å². The fourth-order valence-corrected chi connectivity index (χ4v) is 2.28. The summed E-state index contributed by atoms with van der Waals surface area (Å²) in [5.74, 6) is -0.398. The van der Waals surface area contributed by atoms with Crippen LogP contribution in [0.2, 0.25) is 0 Å². The predicted molar refractivity (Wildman–Crippen MR) is 97.7 cm³/mol. The molecule has 2 aromatic rings. The summed E-state index contributed by atoms with van der Waals surface area (Å²) in [6.07, 6.45) is 6.74. The van der Waals surface area contributed by atoms with Crippen LogP contribution in [0.5, 0.6) is 0 Å². The summed E-state index contributed by atoms with van der Waals surface area (Å²) in [7, 11) is 1.60. The van der Waals surface area contributed by atoms with E-state index < -0.39 is 0 Å². The Morgan fingerprint density at radius 2 is 2.00 bits per heavy atom. The molecule has 6 nitrogen and oxygen atoms in total. The molecule has 1 heterocycles. The summed E-state index contributed by atoms with van der Waals surface area (Å²) in [4.78, 5) is 25.1. The van der Waals surface area contributed by atoms with E-state index in [1.165, 1.54) is 11.0 Å². The highest BCUT2D eigenvalue weighted by atomic mass is 16.2. The van der Waals surface area contributed by atoms with Crippen LogP contribution < -0.4 is 5.32 Å². The number of benzene rings is 1. The van der Waals surface area contributed by atoms with E-state index in [0.717, 1.165) is 11.1 Å². The number of amides is 2. The lowest BCUT2D eigenvalue weighted by molar-refractivity contribution is -0.131. The van der Waals surface area contributed by atoms with E-state index in [1.54, 1.807) is 19.3 Å². The molecule has 0 bridgehead atoms. The van der Waals surface area contributed by atoms with Gasteiger partial charge in [0.25, 0.3) is 0 Å². The maximum Gasteiger partial charge on any atom is 0.246 e. The zero-order chi connectivity index (χ0) is 18.2. The average molecular weight is 340 g/mol. The molecular formula is C19H24N4O2. The van der Waals surface area contributed by atoms with Gasteiger partial charge in [0.1, 0.15) is 0 Å². The van der Waals surface area contributed by atoms with Gasteiger partial charge in [0, 0.05) is 30.9 Å². The Balaban J connectivity index is 1.88. The Bertz CT molecular complexity index is 735. The predicted octanol–water partition coefficient (Wildman–Crippen LogP) is 1.93. The monoisotopic (exact) mass is 340 g/mol. The molecule has 0 atom stereocenters. The minimum absolute atomic E-state index is 0.0363. The first kappa shape index (κ1) is 18.4. The van der Waals surface area contributed by atoms with Gasteiger partial charge in [-0.2, -0.15) is 5.10 Å². The lowest BCUT2D eigenvalue weighted by atomic mass is 10.2. The quantitative estimate of drug-likeness (QED) is 0.783. The van der Waals surface area contributed by atoms with Crippen molar-refractivity contribution in [3.63, 3.8) is 0 Å². The van der Waals surface area contributed by atoms with Crippen LogP contribution in [0.3, 0.4) is 0 Å². The third-order valence-electron chi connectivity index (χ3n) is 3.47. The van der Waals surface area contributed by atoms with Gasteiger partial charge in [-0.3, -0.25) is 14.3 Å². The molecule has 0 saturated carbocycles. The van der Waals surface area contributed by atoms with Gasteiger partial charge >= 0.3 is 0 Å². The van der Waals surface area contributed by atoms with Gasteiger partial charge in [0.2, 0.25) is 11.8 Å². The zero-order valence-electron chi connectivity index (χ0n) is 14.8. The summed E-state index contributed by atoms with van der Waals surface area (Å²) in [6.45, 7) is 4.48. The van der Waals surface area contributed by atoms with Crippen LogP contribution in [0, 0.1) is 0 Å². The molecule has 0 aliphatic carbocycles. The molecule has 1 N–H and O–H groups in total. The number of carbonyl (C=O) groups is 2.